The number of hydrogen-bond acceptors (Lipinski definition) is 5. The van der Waals surface area contributed by atoms with E-state index in [1.54, 1.807) is 6.20 Å². The van der Waals surface area contributed by atoms with Crippen LogP contribution in [0.3, 0.4) is 0 Å². The highest BCUT2D eigenvalue weighted by Crippen LogP contribution is 2.36. The Labute approximate surface area is 153 Å². The highest BCUT2D eigenvalue weighted by atomic mass is 15.1. The van der Waals surface area contributed by atoms with E-state index in [9.17, 15) is 0 Å². The summed E-state index contributed by atoms with van der Waals surface area (Å²) in [6.07, 6.45) is 8.47. The van der Waals surface area contributed by atoms with Gasteiger partial charge < -0.3 is 11.5 Å². The molecule has 26 heavy (non-hydrogen) atoms. The van der Waals surface area contributed by atoms with Gasteiger partial charge in [-0.25, -0.2) is 0 Å². The first-order chi connectivity index (χ1) is 12.8. The topological polar surface area (TPSA) is 90.7 Å². The number of aromatic nitrogens is 3. The highest BCUT2D eigenvalue weighted by molar-refractivity contribution is 5.80. The summed E-state index contributed by atoms with van der Waals surface area (Å²) >= 11 is 0. The predicted octanol–water partition coefficient (Wildman–Crippen LogP) is 4.03. The van der Waals surface area contributed by atoms with Crippen molar-refractivity contribution in [2.24, 2.45) is 0 Å². The second-order valence-corrected chi connectivity index (χ2v) is 6.80. The van der Waals surface area contributed by atoms with Gasteiger partial charge in [-0.1, -0.05) is 31.0 Å². The van der Waals surface area contributed by atoms with Gasteiger partial charge in [0.2, 0.25) is 0 Å². The first kappa shape index (κ1) is 16.5. The lowest BCUT2D eigenvalue weighted by Crippen LogP contribution is -2.10. The van der Waals surface area contributed by atoms with E-state index in [-0.39, 0.29) is 0 Å². The maximum absolute atomic E-state index is 6.23. The molecule has 4 rings (SSSR count). The number of benzene rings is 1. The number of nitrogen functional groups attached to an aromatic ring is 2. The van der Waals surface area contributed by atoms with E-state index in [0.717, 1.165) is 54.0 Å². The molecule has 0 saturated heterocycles. The standard InChI is InChI=1S/C21H23N5/c22-17-11-6-5-10-16(17)19-14-8-3-1-2-4-9-15(14)20(26-25-19)21-18(23)12-7-13-24-21/h5-7,10-13H,1-4,8-9,22-23H2. The predicted molar refractivity (Wildman–Crippen MR) is 105 cm³/mol. The molecule has 0 radical (unpaired) electrons. The summed E-state index contributed by atoms with van der Waals surface area (Å²) in [7, 11) is 0. The highest BCUT2D eigenvalue weighted by Gasteiger charge is 2.22. The Bertz CT molecular complexity index is 859. The average molecular weight is 345 g/mol. The van der Waals surface area contributed by atoms with Crippen molar-refractivity contribution >= 4 is 11.4 Å². The van der Waals surface area contributed by atoms with Gasteiger partial charge >= 0.3 is 0 Å². The molecule has 0 unspecified atom stereocenters. The van der Waals surface area contributed by atoms with Crippen LogP contribution in [-0.4, -0.2) is 15.2 Å². The Morgan fingerprint density at radius 3 is 2.04 bits per heavy atom. The van der Waals surface area contributed by atoms with Crippen molar-refractivity contribution in [1.82, 2.24) is 15.2 Å². The van der Waals surface area contributed by atoms with Crippen LogP contribution in [0.25, 0.3) is 22.6 Å². The minimum atomic E-state index is 0.637. The smallest absolute Gasteiger partial charge is 0.117 e. The molecule has 4 N–H and O–H groups in total. The number of hydrogen-bond donors (Lipinski definition) is 2. The van der Waals surface area contributed by atoms with Gasteiger partial charge in [-0.05, 0) is 55.0 Å². The van der Waals surface area contributed by atoms with Crippen LogP contribution in [0.2, 0.25) is 0 Å². The third-order valence-electron chi connectivity index (χ3n) is 5.07. The lowest BCUT2D eigenvalue weighted by molar-refractivity contribution is 0.614. The summed E-state index contributed by atoms with van der Waals surface area (Å²) in [6.45, 7) is 0. The average Bonchev–Trinajstić information content (AvgIpc) is 2.63. The van der Waals surface area contributed by atoms with E-state index < -0.39 is 0 Å². The van der Waals surface area contributed by atoms with Crippen LogP contribution >= 0.6 is 0 Å². The zero-order valence-electron chi connectivity index (χ0n) is 14.8. The molecule has 2 aromatic heterocycles. The molecule has 0 atom stereocenters. The van der Waals surface area contributed by atoms with E-state index in [2.05, 4.69) is 15.2 Å². The quantitative estimate of drug-likeness (QED) is 0.684. The fourth-order valence-electron chi connectivity index (χ4n) is 3.74. The number of pyridine rings is 1. The second-order valence-electron chi connectivity index (χ2n) is 6.80. The molecule has 1 aliphatic carbocycles. The third-order valence-corrected chi connectivity index (χ3v) is 5.07. The third kappa shape index (κ3) is 3.01. The van der Waals surface area contributed by atoms with Crippen molar-refractivity contribution in [2.45, 2.75) is 38.5 Å². The van der Waals surface area contributed by atoms with E-state index >= 15 is 0 Å². The molecular formula is C21H23N5. The monoisotopic (exact) mass is 345 g/mol. The van der Waals surface area contributed by atoms with Gasteiger partial charge in [0, 0.05) is 17.4 Å². The Morgan fingerprint density at radius 1 is 0.654 bits per heavy atom. The van der Waals surface area contributed by atoms with Gasteiger partial charge in [0.1, 0.15) is 11.4 Å². The molecule has 2 heterocycles. The summed E-state index contributed by atoms with van der Waals surface area (Å²) in [5, 5.41) is 9.15. The SMILES string of the molecule is Nc1ccccc1-c1nnc(-c2ncccc2N)c2c1CCCCCC2. The van der Waals surface area contributed by atoms with Crippen LogP contribution in [0.5, 0.6) is 0 Å². The van der Waals surface area contributed by atoms with Crippen molar-refractivity contribution in [3.63, 3.8) is 0 Å². The van der Waals surface area contributed by atoms with Crippen LogP contribution in [0.4, 0.5) is 11.4 Å². The number of nitrogens with two attached hydrogens (primary N) is 2. The lowest BCUT2D eigenvalue weighted by Gasteiger charge is -2.20. The molecule has 0 amide bonds. The van der Waals surface area contributed by atoms with Gasteiger partial charge in [0.05, 0.1) is 11.4 Å². The number of para-hydroxylation sites is 1. The van der Waals surface area contributed by atoms with Gasteiger partial charge in [-0.3, -0.25) is 4.98 Å². The number of anilines is 2. The first-order valence-electron chi connectivity index (χ1n) is 9.20. The molecule has 5 nitrogen and oxygen atoms in total. The largest absolute Gasteiger partial charge is 0.398 e. The van der Waals surface area contributed by atoms with Crippen molar-refractivity contribution < 1.29 is 0 Å². The maximum atomic E-state index is 6.23. The Balaban J connectivity index is 1.95. The second kappa shape index (κ2) is 7.12. The molecule has 1 aromatic carbocycles. The van der Waals surface area contributed by atoms with Gasteiger partial charge in [0.15, 0.2) is 0 Å². The van der Waals surface area contributed by atoms with Crippen molar-refractivity contribution in [1.29, 1.82) is 0 Å². The molecule has 1 aliphatic rings. The fraction of sp³-hybridized carbons (Fsp3) is 0.286. The molecule has 0 aliphatic heterocycles. The van der Waals surface area contributed by atoms with E-state index in [4.69, 9.17) is 11.5 Å². The van der Waals surface area contributed by atoms with E-state index in [1.165, 1.54) is 24.0 Å². The summed E-state index contributed by atoms with van der Waals surface area (Å²) < 4.78 is 0. The van der Waals surface area contributed by atoms with Crippen LogP contribution in [0.1, 0.15) is 36.8 Å². The Kier molecular flexibility index (Phi) is 4.52. The molecule has 5 heteroatoms. The Hall–Kier alpha value is -2.95. The van der Waals surface area contributed by atoms with Crippen molar-refractivity contribution in [2.75, 3.05) is 11.5 Å². The number of fused-ring (bicyclic) bond motifs is 1. The molecule has 0 bridgehead atoms. The van der Waals surface area contributed by atoms with Gasteiger partial charge in [-0.2, -0.15) is 0 Å². The zero-order valence-corrected chi connectivity index (χ0v) is 14.8. The summed E-state index contributed by atoms with van der Waals surface area (Å²) in [5.41, 5.74) is 19.7. The van der Waals surface area contributed by atoms with Crippen molar-refractivity contribution in [3.8, 4) is 22.6 Å². The normalized spacial score (nSPS) is 14.3. The van der Waals surface area contributed by atoms with E-state index in [0.29, 0.717) is 5.69 Å². The van der Waals surface area contributed by atoms with E-state index in [1.807, 2.05) is 36.4 Å². The minimum absolute atomic E-state index is 0.637. The Morgan fingerprint density at radius 2 is 1.31 bits per heavy atom. The molecule has 0 fully saturated rings. The van der Waals surface area contributed by atoms with Crippen molar-refractivity contribution in [3.05, 3.63) is 53.7 Å². The molecular weight excluding hydrogens is 322 g/mol. The van der Waals surface area contributed by atoms with Crippen LogP contribution in [0, 0.1) is 0 Å². The molecule has 132 valence electrons. The fourth-order valence-corrected chi connectivity index (χ4v) is 3.74. The number of nitrogens with zero attached hydrogens (tertiary/aromatic N) is 3. The van der Waals surface area contributed by atoms with Crippen LogP contribution < -0.4 is 11.5 Å². The summed E-state index contributed by atoms with van der Waals surface area (Å²) in [5.74, 6) is 0. The molecule has 0 spiro atoms. The first-order valence-corrected chi connectivity index (χ1v) is 9.20. The molecule has 0 saturated carbocycles. The maximum Gasteiger partial charge on any atom is 0.117 e. The molecule has 3 aromatic rings. The zero-order chi connectivity index (χ0) is 17.9. The lowest BCUT2D eigenvalue weighted by atomic mass is 9.88. The van der Waals surface area contributed by atoms with Gasteiger partial charge in [-0.15, -0.1) is 10.2 Å². The number of rotatable bonds is 2. The van der Waals surface area contributed by atoms with Crippen LogP contribution in [0.15, 0.2) is 42.6 Å². The summed E-state index contributed by atoms with van der Waals surface area (Å²) in [4.78, 5) is 4.48. The van der Waals surface area contributed by atoms with Gasteiger partial charge in [0.25, 0.3) is 0 Å². The van der Waals surface area contributed by atoms with Crippen LogP contribution in [-0.2, 0) is 12.8 Å². The minimum Gasteiger partial charge on any atom is -0.398 e. The summed E-state index contributed by atoms with van der Waals surface area (Å²) in [6, 6.07) is 11.6.